The molecule has 0 bridgehead atoms. The second-order valence-electron chi connectivity index (χ2n) is 5.21. The molecule has 0 aliphatic heterocycles. The van der Waals surface area contributed by atoms with Crippen LogP contribution in [-0.4, -0.2) is 41.6 Å². The zero-order valence-corrected chi connectivity index (χ0v) is 14.7. The van der Waals surface area contributed by atoms with Gasteiger partial charge in [-0.25, -0.2) is 28.1 Å². The minimum Gasteiger partial charge on any atom is -0.369 e. The van der Waals surface area contributed by atoms with Gasteiger partial charge in [-0.15, -0.1) is 0 Å². The average molecular weight is 375 g/mol. The Morgan fingerprint density at radius 1 is 1.12 bits per heavy atom. The molecule has 0 unspecified atom stereocenters. The highest BCUT2D eigenvalue weighted by Gasteiger charge is 2.15. The van der Waals surface area contributed by atoms with Crippen LogP contribution in [0.2, 0.25) is 0 Å². The van der Waals surface area contributed by atoms with Crippen molar-refractivity contribution in [2.45, 2.75) is 11.8 Å². The highest BCUT2D eigenvalue weighted by atomic mass is 32.2. The molecule has 136 valence electrons. The molecule has 3 N–H and O–H groups in total. The molecule has 3 rings (SSSR count). The van der Waals surface area contributed by atoms with Gasteiger partial charge in [-0.05, 0) is 19.1 Å². The van der Waals surface area contributed by atoms with Gasteiger partial charge >= 0.3 is 0 Å². The zero-order chi connectivity index (χ0) is 18.4. The Kier molecular flexibility index (Phi) is 5.39. The third-order valence-corrected chi connectivity index (χ3v) is 4.61. The molecule has 0 amide bonds. The second kappa shape index (κ2) is 7.89. The van der Waals surface area contributed by atoms with E-state index >= 15 is 0 Å². The number of aryl methyl sites for hydroxylation is 1. The number of hydrogen-bond acceptors (Lipinski definition) is 9. The smallest absolute Gasteiger partial charge is 0.245 e. The number of pyridine rings is 1. The third kappa shape index (κ3) is 4.74. The van der Waals surface area contributed by atoms with E-state index in [1.807, 2.05) is 18.2 Å². The Hall–Kier alpha value is -3.05. The summed E-state index contributed by atoms with van der Waals surface area (Å²) in [6.45, 7) is 2.27. The molecule has 10 nitrogen and oxygen atoms in total. The Morgan fingerprint density at radius 3 is 2.69 bits per heavy atom. The van der Waals surface area contributed by atoms with Gasteiger partial charge in [0.25, 0.3) is 0 Å². The van der Waals surface area contributed by atoms with Crippen LogP contribution in [0.3, 0.4) is 0 Å². The van der Waals surface area contributed by atoms with Gasteiger partial charge in [0.1, 0.15) is 34.4 Å². The summed E-state index contributed by atoms with van der Waals surface area (Å²) in [5.74, 6) is 2.39. The van der Waals surface area contributed by atoms with E-state index in [0.29, 0.717) is 29.8 Å². The predicted molar refractivity (Wildman–Crippen MR) is 94.5 cm³/mol. The number of nitrogens with one attached hydrogen (secondary N) is 3. The number of aromatic nitrogens is 4. The number of sulfonamides is 1. The number of anilines is 3. The first kappa shape index (κ1) is 17.8. The van der Waals surface area contributed by atoms with E-state index in [2.05, 4.69) is 40.0 Å². The topological polar surface area (TPSA) is 135 Å². The minimum atomic E-state index is -3.63. The molecule has 0 fully saturated rings. The van der Waals surface area contributed by atoms with E-state index in [4.69, 9.17) is 0 Å². The highest BCUT2D eigenvalue weighted by Crippen LogP contribution is 2.15. The van der Waals surface area contributed by atoms with Gasteiger partial charge in [0.15, 0.2) is 0 Å². The maximum Gasteiger partial charge on any atom is 0.245 e. The van der Waals surface area contributed by atoms with Crippen LogP contribution in [0.1, 0.15) is 5.82 Å². The van der Waals surface area contributed by atoms with Crippen molar-refractivity contribution in [2.75, 3.05) is 23.7 Å². The Labute approximate surface area is 150 Å². The van der Waals surface area contributed by atoms with Gasteiger partial charge in [-0.2, -0.15) is 0 Å². The lowest BCUT2D eigenvalue weighted by Crippen LogP contribution is -2.28. The number of rotatable bonds is 8. The van der Waals surface area contributed by atoms with E-state index in [1.54, 1.807) is 19.2 Å². The molecule has 26 heavy (non-hydrogen) atoms. The summed E-state index contributed by atoms with van der Waals surface area (Å²) in [6.07, 6.45) is 3.88. The Bertz CT molecular complexity index is 947. The van der Waals surface area contributed by atoms with Crippen LogP contribution in [-0.2, 0) is 10.0 Å². The van der Waals surface area contributed by atoms with E-state index in [9.17, 15) is 8.42 Å². The Balaban J connectivity index is 1.56. The van der Waals surface area contributed by atoms with Crippen molar-refractivity contribution in [3.8, 4) is 0 Å². The molecule has 0 aromatic carbocycles. The molecule has 0 radical (unpaired) electrons. The molecule has 0 aliphatic rings. The zero-order valence-electron chi connectivity index (χ0n) is 13.9. The molecule has 0 saturated heterocycles. The molecule has 3 heterocycles. The fourth-order valence-corrected chi connectivity index (χ4v) is 2.97. The maximum absolute atomic E-state index is 11.9. The fraction of sp³-hybridized carbons (Fsp3) is 0.200. The number of hydrogen-bond donors (Lipinski definition) is 3. The summed E-state index contributed by atoms with van der Waals surface area (Å²) >= 11 is 0. The van der Waals surface area contributed by atoms with Gasteiger partial charge in [0.05, 0.1) is 6.20 Å². The van der Waals surface area contributed by atoms with Gasteiger partial charge in [-0.1, -0.05) is 11.2 Å². The second-order valence-corrected chi connectivity index (χ2v) is 6.98. The lowest BCUT2D eigenvalue weighted by Gasteiger charge is -2.10. The van der Waals surface area contributed by atoms with E-state index < -0.39 is 10.0 Å². The molecule has 3 aromatic heterocycles. The van der Waals surface area contributed by atoms with Crippen molar-refractivity contribution < 1.29 is 12.9 Å². The summed E-state index contributed by atoms with van der Waals surface area (Å²) in [5.41, 5.74) is 0. The van der Waals surface area contributed by atoms with Gasteiger partial charge < -0.3 is 15.2 Å². The van der Waals surface area contributed by atoms with Gasteiger partial charge in [0.2, 0.25) is 10.0 Å². The van der Waals surface area contributed by atoms with E-state index in [1.165, 1.54) is 0 Å². The number of nitrogens with zero attached hydrogens (tertiary/aromatic N) is 4. The normalized spacial score (nSPS) is 11.3. The summed E-state index contributed by atoms with van der Waals surface area (Å²) in [5, 5.41) is 9.52. The molecule has 0 aliphatic carbocycles. The first-order valence-corrected chi connectivity index (χ1v) is 9.18. The van der Waals surface area contributed by atoms with E-state index in [-0.39, 0.29) is 11.4 Å². The van der Waals surface area contributed by atoms with Crippen molar-refractivity contribution in [2.24, 2.45) is 0 Å². The highest BCUT2D eigenvalue weighted by molar-refractivity contribution is 7.89. The van der Waals surface area contributed by atoms with Crippen LogP contribution in [0.5, 0.6) is 0 Å². The molecule has 0 saturated carbocycles. The molecule has 11 heteroatoms. The molecule has 0 spiro atoms. The SMILES string of the molecule is Cc1nc(NCCNS(=O)(=O)c2cnoc2)cc(Nc2ccccn2)n1. The Morgan fingerprint density at radius 2 is 1.96 bits per heavy atom. The molecule has 3 aromatic rings. The van der Waals surface area contributed by atoms with Crippen molar-refractivity contribution in [1.29, 1.82) is 0 Å². The third-order valence-electron chi connectivity index (χ3n) is 3.20. The largest absolute Gasteiger partial charge is 0.369 e. The summed E-state index contributed by atoms with van der Waals surface area (Å²) < 4.78 is 30.8. The predicted octanol–water partition coefficient (Wildman–Crippen LogP) is 1.30. The maximum atomic E-state index is 11.9. The van der Waals surface area contributed by atoms with Crippen molar-refractivity contribution in [3.63, 3.8) is 0 Å². The standard InChI is InChI=1S/C15H17N7O3S/c1-11-20-14(8-15(21-11)22-13-4-2-3-5-16-13)17-6-7-19-26(23,24)12-9-18-25-10-12/h2-5,8-10,19H,6-7H2,1H3,(H2,16,17,20,21,22). The summed E-state index contributed by atoms with van der Waals surface area (Å²) in [4.78, 5) is 12.7. The van der Waals surface area contributed by atoms with Crippen molar-refractivity contribution in [1.82, 2.24) is 24.8 Å². The van der Waals surface area contributed by atoms with Crippen LogP contribution in [0, 0.1) is 6.92 Å². The van der Waals surface area contributed by atoms with Crippen LogP contribution >= 0.6 is 0 Å². The molecule has 0 atom stereocenters. The lowest BCUT2D eigenvalue weighted by atomic mass is 10.4. The first-order chi connectivity index (χ1) is 12.5. The summed E-state index contributed by atoms with van der Waals surface area (Å²) in [7, 11) is -3.63. The van der Waals surface area contributed by atoms with Gasteiger partial charge in [0, 0.05) is 25.4 Å². The fourth-order valence-electron chi connectivity index (χ4n) is 2.08. The molecular weight excluding hydrogens is 358 g/mol. The van der Waals surface area contributed by atoms with Crippen LogP contribution < -0.4 is 15.4 Å². The van der Waals surface area contributed by atoms with Crippen LogP contribution in [0.25, 0.3) is 0 Å². The van der Waals surface area contributed by atoms with Crippen LogP contribution in [0.4, 0.5) is 17.5 Å². The lowest BCUT2D eigenvalue weighted by molar-refractivity contribution is 0.417. The minimum absolute atomic E-state index is 0.0165. The summed E-state index contributed by atoms with van der Waals surface area (Å²) in [6, 6.07) is 7.23. The van der Waals surface area contributed by atoms with Gasteiger partial charge in [-0.3, -0.25) is 0 Å². The van der Waals surface area contributed by atoms with E-state index in [0.717, 1.165) is 12.5 Å². The monoisotopic (exact) mass is 375 g/mol. The van der Waals surface area contributed by atoms with Crippen molar-refractivity contribution in [3.05, 3.63) is 48.7 Å². The molecular formula is C15H17N7O3S. The van der Waals surface area contributed by atoms with Crippen molar-refractivity contribution >= 4 is 27.5 Å². The average Bonchev–Trinajstić information content (AvgIpc) is 3.15. The first-order valence-electron chi connectivity index (χ1n) is 7.69. The van der Waals surface area contributed by atoms with Crippen LogP contribution in [0.15, 0.2) is 52.3 Å². The quantitative estimate of drug-likeness (QED) is 0.498.